The highest BCUT2D eigenvalue weighted by atomic mass is 35.5. The fourth-order valence-electron chi connectivity index (χ4n) is 1.82. The van der Waals surface area contributed by atoms with Gasteiger partial charge in [0.15, 0.2) is 0 Å². The van der Waals surface area contributed by atoms with Crippen molar-refractivity contribution in [3.8, 4) is 0 Å². The molecule has 0 fully saturated rings. The Morgan fingerprint density at radius 1 is 1.28 bits per heavy atom. The standard InChI is InChI=1S/C14H18Cl2O2/c1-5-18-13(17)14(4,9(2)3)10-6-11(15)8-12(16)7-10/h6-9H,5H2,1-4H3. The number of esters is 1. The van der Waals surface area contributed by atoms with Gasteiger partial charge in [-0.05, 0) is 43.5 Å². The Bertz CT molecular complexity index is 423. The maximum Gasteiger partial charge on any atom is 0.316 e. The van der Waals surface area contributed by atoms with E-state index in [1.54, 1.807) is 25.1 Å². The van der Waals surface area contributed by atoms with Crippen molar-refractivity contribution < 1.29 is 9.53 Å². The molecule has 0 heterocycles. The summed E-state index contributed by atoms with van der Waals surface area (Å²) in [6, 6.07) is 5.19. The second-order valence-corrected chi connectivity index (χ2v) is 5.61. The number of carbonyl (C=O) groups is 1. The summed E-state index contributed by atoms with van der Waals surface area (Å²) in [5.41, 5.74) is 0.0401. The molecule has 0 aromatic heterocycles. The average Bonchev–Trinajstić information content (AvgIpc) is 2.26. The summed E-state index contributed by atoms with van der Waals surface area (Å²) in [5, 5.41) is 1.04. The van der Waals surface area contributed by atoms with Crippen LogP contribution in [0, 0.1) is 5.92 Å². The molecule has 1 aromatic carbocycles. The lowest BCUT2D eigenvalue weighted by Crippen LogP contribution is -2.39. The van der Waals surface area contributed by atoms with E-state index in [0.29, 0.717) is 16.7 Å². The zero-order chi connectivity index (χ0) is 13.9. The smallest absolute Gasteiger partial charge is 0.316 e. The Labute approximate surface area is 118 Å². The lowest BCUT2D eigenvalue weighted by molar-refractivity contribution is -0.151. The molecule has 0 spiro atoms. The van der Waals surface area contributed by atoms with Crippen LogP contribution >= 0.6 is 23.2 Å². The molecule has 0 saturated carbocycles. The summed E-state index contributed by atoms with van der Waals surface area (Å²) in [6.45, 7) is 7.97. The van der Waals surface area contributed by atoms with E-state index in [9.17, 15) is 4.79 Å². The zero-order valence-electron chi connectivity index (χ0n) is 11.1. The van der Waals surface area contributed by atoms with Crippen LogP contribution in [0.3, 0.4) is 0 Å². The normalized spacial score (nSPS) is 14.4. The molecule has 0 radical (unpaired) electrons. The van der Waals surface area contributed by atoms with Crippen molar-refractivity contribution in [2.24, 2.45) is 5.92 Å². The Hall–Kier alpha value is -0.730. The first kappa shape index (κ1) is 15.3. The first-order valence-electron chi connectivity index (χ1n) is 5.96. The van der Waals surface area contributed by atoms with Gasteiger partial charge in [-0.2, -0.15) is 0 Å². The molecule has 0 amide bonds. The Morgan fingerprint density at radius 3 is 2.17 bits per heavy atom. The molecule has 0 bridgehead atoms. The van der Waals surface area contributed by atoms with Crippen molar-refractivity contribution in [2.75, 3.05) is 6.61 Å². The van der Waals surface area contributed by atoms with Gasteiger partial charge in [0.25, 0.3) is 0 Å². The first-order chi connectivity index (χ1) is 8.32. The molecule has 4 heteroatoms. The summed E-state index contributed by atoms with van der Waals surface area (Å²) < 4.78 is 5.18. The molecule has 2 nitrogen and oxygen atoms in total. The molecule has 1 rings (SSSR count). The average molecular weight is 289 g/mol. The summed E-state index contributed by atoms with van der Waals surface area (Å²) in [5.74, 6) is -0.176. The third kappa shape index (κ3) is 2.99. The van der Waals surface area contributed by atoms with E-state index >= 15 is 0 Å². The maximum absolute atomic E-state index is 12.2. The largest absolute Gasteiger partial charge is 0.465 e. The molecule has 0 aliphatic carbocycles. The molecular formula is C14H18Cl2O2. The third-order valence-electron chi connectivity index (χ3n) is 3.32. The number of benzene rings is 1. The quantitative estimate of drug-likeness (QED) is 0.764. The Morgan fingerprint density at radius 2 is 1.78 bits per heavy atom. The van der Waals surface area contributed by atoms with Crippen LogP contribution in [0.5, 0.6) is 0 Å². The molecule has 0 aliphatic heterocycles. The number of rotatable bonds is 4. The molecule has 1 atom stereocenters. The minimum absolute atomic E-state index is 0.0751. The van der Waals surface area contributed by atoms with Crippen LogP contribution in [0.4, 0.5) is 0 Å². The first-order valence-corrected chi connectivity index (χ1v) is 6.71. The minimum Gasteiger partial charge on any atom is -0.465 e. The molecule has 1 aromatic rings. The maximum atomic E-state index is 12.2. The second-order valence-electron chi connectivity index (χ2n) is 4.74. The highest BCUT2D eigenvalue weighted by Crippen LogP contribution is 2.36. The molecule has 1 unspecified atom stereocenters. The van der Waals surface area contributed by atoms with E-state index in [0.717, 1.165) is 5.56 Å². The summed E-state index contributed by atoms with van der Waals surface area (Å²) in [6.07, 6.45) is 0. The van der Waals surface area contributed by atoms with E-state index in [1.807, 2.05) is 20.8 Å². The van der Waals surface area contributed by atoms with Crippen molar-refractivity contribution in [3.05, 3.63) is 33.8 Å². The molecule has 18 heavy (non-hydrogen) atoms. The van der Waals surface area contributed by atoms with Crippen LogP contribution in [0.25, 0.3) is 0 Å². The van der Waals surface area contributed by atoms with Crippen molar-refractivity contribution in [3.63, 3.8) is 0 Å². The topological polar surface area (TPSA) is 26.3 Å². The fourth-order valence-corrected chi connectivity index (χ4v) is 2.35. The molecule has 0 N–H and O–H groups in total. The van der Waals surface area contributed by atoms with Gasteiger partial charge in [-0.1, -0.05) is 37.0 Å². The van der Waals surface area contributed by atoms with Crippen molar-refractivity contribution in [1.29, 1.82) is 0 Å². The van der Waals surface area contributed by atoms with Gasteiger partial charge in [-0.15, -0.1) is 0 Å². The van der Waals surface area contributed by atoms with E-state index in [4.69, 9.17) is 27.9 Å². The predicted molar refractivity (Wildman–Crippen MR) is 75.3 cm³/mol. The van der Waals surface area contributed by atoms with Gasteiger partial charge in [0.1, 0.15) is 0 Å². The molecule has 0 saturated heterocycles. The summed E-state index contributed by atoms with van der Waals surface area (Å²) in [7, 11) is 0. The SMILES string of the molecule is CCOC(=O)C(C)(c1cc(Cl)cc(Cl)c1)C(C)C. The molecule has 100 valence electrons. The van der Waals surface area contributed by atoms with E-state index in [-0.39, 0.29) is 11.9 Å². The van der Waals surface area contributed by atoms with Gasteiger partial charge in [0, 0.05) is 10.0 Å². The highest BCUT2D eigenvalue weighted by molar-refractivity contribution is 6.34. The highest BCUT2D eigenvalue weighted by Gasteiger charge is 2.40. The van der Waals surface area contributed by atoms with Gasteiger partial charge >= 0.3 is 5.97 Å². The van der Waals surface area contributed by atoms with E-state index in [1.165, 1.54) is 0 Å². The Kier molecular flexibility index (Phi) is 5.06. The van der Waals surface area contributed by atoms with Crippen molar-refractivity contribution >= 4 is 29.2 Å². The summed E-state index contributed by atoms with van der Waals surface area (Å²) in [4.78, 5) is 12.2. The number of hydrogen-bond acceptors (Lipinski definition) is 2. The lowest BCUT2D eigenvalue weighted by Gasteiger charge is -2.32. The zero-order valence-corrected chi connectivity index (χ0v) is 12.6. The van der Waals surface area contributed by atoms with Gasteiger partial charge in [0.05, 0.1) is 12.0 Å². The number of halogens is 2. The van der Waals surface area contributed by atoms with E-state index in [2.05, 4.69) is 0 Å². The van der Waals surface area contributed by atoms with Crippen molar-refractivity contribution in [2.45, 2.75) is 33.1 Å². The molecular weight excluding hydrogens is 271 g/mol. The van der Waals surface area contributed by atoms with Gasteiger partial charge in [-0.25, -0.2) is 0 Å². The van der Waals surface area contributed by atoms with Crippen LogP contribution < -0.4 is 0 Å². The second kappa shape index (κ2) is 5.94. The van der Waals surface area contributed by atoms with Crippen LogP contribution in [-0.4, -0.2) is 12.6 Å². The van der Waals surface area contributed by atoms with Gasteiger partial charge < -0.3 is 4.74 Å². The summed E-state index contributed by atoms with van der Waals surface area (Å²) >= 11 is 12.0. The van der Waals surface area contributed by atoms with Crippen LogP contribution in [-0.2, 0) is 14.9 Å². The minimum atomic E-state index is -0.745. The number of ether oxygens (including phenoxy) is 1. The van der Waals surface area contributed by atoms with Crippen LogP contribution in [0.15, 0.2) is 18.2 Å². The number of carbonyl (C=O) groups excluding carboxylic acids is 1. The third-order valence-corrected chi connectivity index (χ3v) is 3.75. The van der Waals surface area contributed by atoms with Crippen LogP contribution in [0.1, 0.15) is 33.3 Å². The fraction of sp³-hybridized carbons (Fsp3) is 0.500. The van der Waals surface area contributed by atoms with E-state index < -0.39 is 5.41 Å². The molecule has 0 aliphatic rings. The van der Waals surface area contributed by atoms with Crippen LogP contribution in [0.2, 0.25) is 10.0 Å². The van der Waals surface area contributed by atoms with Crippen molar-refractivity contribution in [1.82, 2.24) is 0 Å². The monoisotopic (exact) mass is 288 g/mol. The van der Waals surface area contributed by atoms with Gasteiger partial charge in [0.2, 0.25) is 0 Å². The lowest BCUT2D eigenvalue weighted by atomic mass is 9.73. The predicted octanol–water partition coefficient (Wildman–Crippen LogP) is 4.47. The Balaban J connectivity index is 3.31. The number of hydrogen-bond donors (Lipinski definition) is 0. The van der Waals surface area contributed by atoms with Gasteiger partial charge in [-0.3, -0.25) is 4.79 Å².